The van der Waals surface area contributed by atoms with Crippen LogP contribution in [0.3, 0.4) is 0 Å². The Kier molecular flexibility index (Phi) is 3.88. The van der Waals surface area contributed by atoms with Crippen molar-refractivity contribution in [2.24, 2.45) is 0 Å². The van der Waals surface area contributed by atoms with Crippen molar-refractivity contribution in [2.75, 3.05) is 39.0 Å². The van der Waals surface area contributed by atoms with Gasteiger partial charge in [0.15, 0.2) is 11.5 Å². The number of ether oxygens (including phenoxy) is 1. The maximum Gasteiger partial charge on any atom is 0.167 e. The highest BCUT2D eigenvalue weighted by atomic mass is 16.5. The number of hydrogen-bond donors (Lipinski definition) is 1. The second-order valence-electron chi connectivity index (χ2n) is 8.11. The molecule has 3 saturated heterocycles. The average molecular weight is 357 g/mol. The van der Waals surface area contributed by atoms with E-state index < -0.39 is 0 Å². The average Bonchev–Trinajstić information content (AvgIpc) is 3.38. The van der Waals surface area contributed by atoms with Crippen LogP contribution in [-0.2, 0) is 4.74 Å². The van der Waals surface area contributed by atoms with E-state index in [-0.39, 0.29) is 12.3 Å². The van der Waals surface area contributed by atoms with Gasteiger partial charge in [0.1, 0.15) is 18.1 Å². The van der Waals surface area contributed by atoms with Crippen LogP contribution >= 0.6 is 0 Å². The van der Waals surface area contributed by atoms with Gasteiger partial charge in [0.2, 0.25) is 0 Å². The zero-order valence-corrected chi connectivity index (χ0v) is 15.3. The first-order valence-corrected chi connectivity index (χ1v) is 9.67. The zero-order chi connectivity index (χ0) is 17.7. The molecule has 3 fully saturated rings. The number of aromatic nitrogens is 4. The summed E-state index contributed by atoms with van der Waals surface area (Å²) in [7, 11) is 2.29. The Morgan fingerprint density at radius 2 is 2.15 bits per heavy atom. The summed E-state index contributed by atoms with van der Waals surface area (Å²) in [5, 5.41) is 0. The SMILES string of the molecule is CN1CCCC12CCN(CC1CCC(n3cnc4c(N)ncnc43)O1)C2. The number of nitrogens with zero attached hydrogens (tertiary/aromatic N) is 6. The van der Waals surface area contributed by atoms with Crippen molar-refractivity contribution in [3.05, 3.63) is 12.7 Å². The number of anilines is 1. The highest BCUT2D eigenvalue weighted by molar-refractivity contribution is 5.81. The number of fused-ring (bicyclic) bond motifs is 1. The molecular formula is C18H27N7O. The summed E-state index contributed by atoms with van der Waals surface area (Å²) in [5.74, 6) is 0.423. The van der Waals surface area contributed by atoms with Crippen molar-refractivity contribution in [1.82, 2.24) is 29.3 Å². The number of rotatable bonds is 3. The van der Waals surface area contributed by atoms with E-state index in [1.165, 1.54) is 45.2 Å². The fourth-order valence-electron chi connectivity index (χ4n) is 5.08. The molecule has 2 aromatic heterocycles. The summed E-state index contributed by atoms with van der Waals surface area (Å²) in [4.78, 5) is 17.9. The van der Waals surface area contributed by atoms with Gasteiger partial charge >= 0.3 is 0 Å². The van der Waals surface area contributed by atoms with Gasteiger partial charge in [-0.1, -0.05) is 0 Å². The van der Waals surface area contributed by atoms with Gasteiger partial charge in [0.25, 0.3) is 0 Å². The molecule has 3 aliphatic heterocycles. The van der Waals surface area contributed by atoms with Crippen LogP contribution in [0.1, 0.15) is 38.3 Å². The smallest absolute Gasteiger partial charge is 0.167 e. The molecule has 0 radical (unpaired) electrons. The molecule has 3 aliphatic rings. The molecule has 5 heterocycles. The lowest BCUT2D eigenvalue weighted by Crippen LogP contribution is -2.44. The molecule has 0 saturated carbocycles. The van der Waals surface area contributed by atoms with E-state index >= 15 is 0 Å². The van der Waals surface area contributed by atoms with Gasteiger partial charge in [0, 0.05) is 25.2 Å². The molecule has 3 atom stereocenters. The fraction of sp³-hybridized carbons (Fsp3) is 0.722. The minimum absolute atomic E-state index is 0.00924. The Bertz CT molecular complexity index is 808. The lowest BCUT2D eigenvalue weighted by Gasteiger charge is -2.32. The van der Waals surface area contributed by atoms with Crippen LogP contribution in [0.4, 0.5) is 5.82 Å². The molecule has 0 amide bonds. The summed E-state index contributed by atoms with van der Waals surface area (Å²) >= 11 is 0. The molecule has 140 valence electrons. The Hall–Kier alpha value is -1.77. The molecule has 0 aliphatic carbocycles. The van der Waals surface area contributed by atoms with Crippen molar-refractivity contribution in [3.8, 4) is 0 Å². The van der Waals surface area contributed by atoms with Gasteiger partial charge in [-0.3, -0.25) is 14.4 Å². The molecule has 2 aromatic rings. The second-order valence-corrected chi connectivity index (χ2v) is 8.11. The lowest BCUT2D eigenvalue weighted by atomic mass is 9.96. The highest BCUT2D eigenvalue weighted by Gasteiger charge is 2.44. The molecule has 0 aromatic carbocycles. The third-order valence-electron chi connectivity index (χ3n) is 6.60. The van der Waals surface area contributed by atoms with Crippen molar-refractivity contribution in [3.63, 3.8) is 0 Å². The van der Waals surface area contributed by atoms with Crippen LogP contribution in [-0.4, -0.2) is 74.2 Å². The first kappa shape index (κ1) is 16.4. The number of hydrogen-bond acceptors (Lipinski definition) is 7. The van der Waals surface area contributed by atoms with Crippen LogP contribution in [0.2, 0.25) is 0 Å². The highest BCUT2D eigenvalue weighted by Crippen LogP contribution is 2.38. The molecule has 26 heavy (non-hydrogen) atoms. The molecule has 0 bridgehead atoms. The Labute approximate surface area is 153 Å². The minimum Gasteiger partial charge on any atom is -0.382 e. The normalized spacial score (nSPS) is 33.1. The topological polar surface area (TPSA) is 85.3 Å². The van der Waals surface area contributed by atoms with Crippen LogP contribution in [0, 0.1) is 0 Å². The van der Waals surface area contributed by atoms with Gasteiger partial charge in [-0.2, -0.15) is 0 Å². The number of likely N-dealkylation sites (N-methyl/N-ethyl adjacent to an activating group) is 1. The Morgan fingerprint density at radius 3 is 3.00 bits per heavy atom. The molecule has 3 unspecified atom stereocenters. The monoisotopic (exact) mass is 357 g/mol. The van der Waals surface area contributed by atoms with E-state index in [4.69, 9.17) is 10.5 Å². The first-order valence-electron chi connectivity index (χ1n) is 9.67. The van der Waals surface area contributed by atoms with E-state index in [0.717, 1.165) is 25.0 Å². The van der Waals surface area contributed by atoms with Gasteiger partial charge in [0.05, 0.1) is 12.4 Å². The van der Waals surface area contributed by atoms with E-state index in [2.05, 4.69) is 31.8 Å². The Balaban J connectivity index is 1.24. The summed E-state index contributed by atoms with van der Waals surface area (Å²) in [6, 6.07) is 0. The van der Waals surface area contributed by atoms with Gasteiger partial charge < -0.3 is 10.5 Å². The summed E-state index contributed by atoms with van der Waals surface area (Å²) in [6.45, 7) is 4.64. The van der Waals surface area contributed by atoms with Crippen molar-refractivity contribution in [1.29, 1.82) is 0 Å². The largest absolute Gasteiger partial charge is 0.382 e. The van der Waals surface area contributed by atoms with Gasteiger partial charge in [-0.15, -0.1) is 0 Å². The molecule has 2 N–H and O–H groups in total. The van der Waals surface area contributed by atoms with Crippen molar-refractivity contribution in [2.45, 2.75) is 50.0 Å². The van der Waals surface area contributed by atoms with E-state index in [1.54, 1.807) is 6.33 Å². The quantitative estimate of drug-likeness (QED) is 0.885. The predicted octanol–water partition coefficient (Wildman–Crippen LogP) is 1.26. The maximum absolute atomic E-state index is 6.36. The Morgan fingerprint density at radius 1 is 1.23 bits per heavy atom. The molecule has 8 heteroatoms. The zero-order valence-electron chi connectivity index (χ0n) is 15.3. The molecule has 8 nitrogen and oxygen atoms in total. The standard InChI is InChI=1S/C18H27N7O/c1-23-7-2-5-18(23)6-8-24(10-18)9-13-3-4-14(26-13)25-12-22-15-16(19)20-11-21-17(15)25/h11-14H,2-10H2,1H3,(H2,19,20,21). The number of likely N-dealkylation sites (tertiary alicyclic amines) is 2. The third-order valence-corrected chi connectivity index (χ3v) is 6.60. The maximum atomic E-state index is 6.36. The van der Waals surface area contributed by atoms with Crippen LogP contribution in [0.25, 0.3) is 11.2 Å². The molecule has 5 rings (SSSR count). The van der Waals surface area contributed by atoms with Crippen LogP contribution < -0.4 is 5.73 Å². The van der Waals surface area contributed by atoms with Gasteiger partial charge in [-0.05, 0) is 45.7 Å². The number of imidazole rings is 1. The lowest BCUT2D eigenvalue weighted by molar-refractivity contribution is -0.0103. The third kappa shape index (κ3) is 2.59. The van der Waals surface area contributed by atoms with Crippen molar-refractivity contribution >= 4 is 17.0 Å². The van der Waals surface area contributed by atoms with Crippen LogP contribution in [0.5, 0.6) is 0 Å². The van der Waals surface area contributed by atoms with E-state index in [9.17, 15) is 0 Å². The first-order chi connectivity index (χ1) is 12.6. The summed E-state index contributed by atoms with van der Waals surface area (Å²) in [5.41, 5.74) is 7.74. The van der Waals surface area contributed by atoms with E-state index in [1.807, 2.05) is 4.57 Å². The molecule has 1 spiro atoms. The fourth-order valence-corrected chi connectivity index (χ4v) is 5.08. The van der Waals surface area contributed by atoms with Crippen LogP contribution in [0.15, 0.2) is 12.7 Å². The summed E-state index contributed by atoms with van der Waals surface area (Å²) in [6.07, 6.45) is 9.57. The summed E-state index contributed by atoms with van der Waals surface area (Å²) < 4.78 is 8.36. The second kappa shape index (κ2) is 6.14. The minimum atomic E-state index is -0.00924. The number of nitrogens with two attached hydrogens (primary N) is 1. The number of nitrogen functional groups attached to an aromatic ring is 1. The van der Waals surface area contributed by atoms with Crippen molar-refractivity contribution < 1.29 is 4.74 Å². The van der Waals surface area contributed by atoms with Gasteiger partial charge in [-0.25, -0.2) is 15.0 Å². The predicted molar refractivity (Wildman–Crippen MR) is 98.5 cm³/mol. The molecular weight excluding hydrogens is 330 g/mol. The van der Waals surface area contributed by atoms with E-state index in [0.29, 0.717) is 16.9 Å².